The number of carbonyl (C=O) groups is 3. The Balaban J connectivity index is 1.84. The fourth-order valence-electron chi connectivity index (χ4n) is 3.10. The molecule has 1 atom stereocenters. The maximum atomic E-state index is 12.4. The second-order valence-corrected chi connectivity index (χ2v) is 7.51. The number of ether oxygens (including phenoxy) is 1. The first-order valence-electron chi connectivity index (χ1n) is 10.9. The van der Waals surface area contributed by atoms with Crippen LogP contribution in [0, 0.1) is 17.0 Å². The van der Waals surface area contributed by atoms with E-state index >= 15 is 0 Å². The molecule has 1 aromatic heterocycles. The maximum absolute atomic E-state index is 12.4. The van der Waals surface area contributed by atoms with Gasteiger partial charge in [-0.05, 0) is 43.5 Å². The summed E-state index contributed by atoms with van der Waals surface area (Å²) in [5.41, 5.74) is 1.30. The van der Waals surface area contributed by atoms with Crippen LogP contribution in [0.5, 0.6) is 0 Å². The number of carbonyl (C=O) groups excluding carboxylic acids is 3. The number of aryl methyl sites for hydroxylation is 1. The number of amides is 2. The molecule has 0 radical (unpaired) electrons. The summed E-state index contributed by atoms with van der Waals surface area (Å²) in [6.45, 7) is 4.03. The van der Waals surface area contributed by atoms with Crippen LogP contribution < -0.4 is 16.0 Å². The van der Waals surface area contributed by atoms with Crippen LogP contribution in [-0.2, 0) is 19.1 Å². The zero-order valence-electron chi connectivity index (χ0n) is 19.2. The van der Waals surface area contributed by atoms with Gasteiger partial charge in [-0.1, -0.05) is 12.1 Å². The third-order valence-corrected chi connectivity index (χ3v) is 4.74. The molecule has 2 aromatic rings. The molecule has 2 rings (SSSR count). The van der Waals surface area contributed by atoms with Gasteiger partial charge in [-0.15, -0.1) is 0 Å². The van der Waals surface area contributed by atoms with Gasteiger partial charge in [0.1, 0.15) is 5.82 Å². The van der Waals surface area contributed by atoms with Crippen molar-refractivity contribution in [2.75, 3.05) is 25.0 Å². The van der Waals surface area contributed by atoms with E-state index in [2.05, 4.69) is 20.9 Å². The maximum Gasteiger partial charge on any atom is 0.308 e. The van der Waals surface area contributed by atoms with Crippen molar-refractivity contribution in [3.63, 3.8) is 0 Å². The van der Waals surface area contributed by atoms with E-state index in [-0.39, 0.29) is 37.6 Å². The summed E-state index contributed by atoms with van der Waals surface area (Å²) in [4.78, 5) is 51.1. The summed E-state index contributed by atoms with van der Waals surface area (Å²) >= 11 is 0. The number of nitro groups is 1. The Bertz CT molecular complexity index is 1010. The molecule has 0 unspecified atom stereocenters. The van der Waals surface area contributed by atoms with Gasteiger partial charge < -0.3 is 20.7 Å². The number of non-ortho nitro benzene ring substituents is 1. The zero-order chi connectivity index (χ0) is 24.9. The number of rotatable bonds is 13. The van der Waals surface area contributed by atoms with E-state index in [9.17, 15) is 24.5 Å². The summed E-state index contributed by atoms with van der Waals surface area (Å²) in [6.07, 6.45) is 2.25. The number of esters is 1. The lowest BCUT2D eigenvalue weighted by atomic mass is 10.0. The molecule has 0 bridgehead atoms. The van der Waals surface area contributed by atoms with Crippen LogP contribution in [0.15, 0.2) is 42.6 Å². The third-order valence-electron chi connectivity index (χ3n) is 4.74. The smallest absolute Gasteiger partial charge is 0.308 e. The lowest BCUT2D eigenvalue weighted by Crippen LogP contribution is -2.39. The van der Waals surface area contributed by atoms with E-state index in [0.717, 1.165) is 11.4 Å². The summed E-state index contributed by atoms with van der Waals surface area (Å²) < 4.78 is 4.94. The lowest BCUT2D eigenvalue weighted by molar-refractivity contribution is -0.384. The molecule has 0 spiro atoms. The molecule has 2 amide bonds. The van der Waals surface area contributed by atoms with Crippen molar-refractivity contribution in [2.45, 2.75) is 39.2 Å². The topological polar surface area (TPSA) is 153 Å². The Labute approximate surface area is 197 Å². The molecule has 11 heteroatoms. The summed E-state index contributed by atoms with van der Waals surface area (Å²) in [7, 11) is 0. The quantitative estimate of drug-likeness (QED) is 0.174. The fraction of sp³-hybridized carbons (Fsp3) is 0.391. The average Bonchev–Trinajstić information content (AvgIpc) is 2.80. The molecule has 0 aliphatic carbocycles. The van der Waals surface area contributed by atoms with Crippen LogP contribution in [0.25, 0.3) is 0 Å². The Hall–Kier alpha value is -4.02. The van der Waals surface area contributed by atoms with Gasteiger partial charge in [0.25, 0.3) is 5.69 Å². The molecule has 0 aliphatic rings. The summed E-state index contributed by atoms with van der Waals surface area (Å²) in [6, 6.07) is 8.61. The molecule has 1 aromatic carbocycles. The van der Waals surface area contributed by atoms with E-state index in [1.165, 1.54) is 18.2 Å². The van der Waals surface area contributed by atoms with Crippen LogP contribution in [-0.4, -0.2) is 47.4 Å². The van der Waals surface area contributed by atoms with Crippen LogP contribution >= 0.6 is 0 Å². The Kier molecular flexibility index (Phi) is 10.4. The van der Waals surface area contributed by atoms with Crippen LogP contribution in [0.1, 0.15) is 43.4 Å². The monoisotopic (exact) mass is 471 g/mol. The Morgan fingerprint density at radius 3 is 2.68 bits per heavy atom. The van der Waals surface area contributed by atoms with Crippen molar-refractivity contribution in [1.29, 1.82) is 0 Å². The Morgan fingerprint density at radius 1 is 1.18 bits per heavy atom. The fourth-order valence-corrected chi connectivity index (χ4v) is 3.10. The van der Waals surface area contributed by atoms with Gasteiger partial charge in [0.15, 0.2) is 0 Å². The van der Waals surface area contributed by atoms with Crippen molar-refractivity contribution in [3.8, 4) is 0 Å². The Morgan fingerprint density at radius 2 is 1.97 bits per heavy atom. The van der Waals surface area contributed by atoms with Gasteiger partial charge in [0.2, 0.25) is 11.8 Å². The number of aromatic nitrogens is 1. The first kappa shape index (κ1) is 26.2. The average molecular weight is 472 g/mol. The number of hydrogen-bond acceptors (Lipinski definition) is 8. The number of pyridine rings is 1. The highest BCUT2D eigenvalue weighted by Gasteiger charge is 2.21. The van der Waals surface area contributed by atoms with Crippen molar-refractivity contribution < 1.29 is 24.0 Å². The molecule has 34 heavy (non-hydrogen) atoms. The van der Waals surface area contributed by atoms with Gasteiger partial charge in [-0.2, -0.15) is 0 Å². The molecular weight excluding hydrogens is 442 g/mol. The molecule has 0 aliphatic heterocycles. The molecule has 3 N–H and O–H groups in total. The van der Waals surface area contributed by atoms with Gasteiger partial charge in [0.05, 0.1) is 30.5 Å². The predicted molar refractivity (Wildman–Crippen MR) is 125 cm³/mol. The standard InChI is InChI=1S/C23H29N5O6/c1-3-34-23(31)14-19(17-6-4-7-18(13-17)28(32)33)27-22(30)15-26-21(29)8-5-10-24-20-12-16(2)9-11-25-20/h4,6-7,9,11-13,19H,3,5,8,10,14-15H2,1-2H3,(H,24,25)(H,26,29)(H,27,30)/t19-/m0/s1. The number of nitrogens with one attached hydrogen (secondary N) is 3. The minimum Gasteiger partial charge on any atom is -0.466 e. The first-order valence-corrected chi connectivity index (χ1v) is 10.9. The number of anilines is 1. The number of benzene rings is 1. The summed E-state index contributed by atoms with van der Waals surface area (Å²) in [5, 5.41) is 19.4. The SMILES string of the molecule is CCOC(=O)C[C@H](NC(=O)CNC(=O)CCCNc1cc(C)ccn1)c1cccc([N+](=O)[O-])c1. The highest BCUT2D eigenvalue weighted by molar-refractivity contribution is 5.85. The van der Waals surface area contributed by atoms with Gasteiger partial charge in [-0.25, -0.2) is 4.98 Å². The second kappa shape index (κ2) is 13.5. The van der Waals surface area contributed by atoms with Crippen LogP contribution in [0.3, 0.4) is 0 Å². The number of nitro benzene ring substituents is 1. The minimum atomic E-state index is -0.839. The molecule has 11 nitrogen and oxygen atoms in total. The number of nitrogens with zero attached hydrogens (tertiary/aromatic N) is 2. The molecule has 0 saturated heterocycles. The molecule has 182 valence electrons. The van der Waals surface area contributed by atoms with E-state index in [4.69, 9.17) is 4.74 Å². The van der Waals surface area contributed by atoms with Crippen LogP contribution in [0.4, 0.5) is 11.5 Å². The highest BCUT2D eigenvalue weighted by Crippen LogP contribution is 2.22. The van der Waals surface area contributed by atoms with Crippen LogP contribution in [0.2, 0.25) is 0 Å². The highest BCUT2D eigenvalue weighted by atomic mass is 16.6. The summed E-state index contributed by atoms with van der Waals surface area (Å²) in [5.74, 6) is -0.657. The number of hydrogen-bond donors (Lipinski definition) is 3. The normalized spacial score (nSPS) is 11.2. The minimum absolute atomic E-state index is 0.164. The van der Waals surface area contributed by atoms with Crippen molar-refractivity contribution in [2.24, 2.45) is 0 Å². The molecule has 0 fully saturated rings. The zero-order valence-corrected chi connectivity index (χ0v) is 19.2. The first-order chi connectivity index (χ1) is 16.3. The van der Waals surface area contributed by atoms with E-state index in [1.807, 2.05) is 19.1 Å². The van der Waals surface area contributed by atoms with Gasteiger partial charge in [0, 0.05) is 31.3 Å². The molecule has 1 heterocycles. The third kappa shape index (κ3) is 9.23. The second-order valence-electron chi connectivity index (χ2n) is 7.51. The van der Waals surface area contributed by atoms with E-state index in [1.54, 1.807) is 19.2 Å². The van der Waals surface area contributed by atoms with Gasteiger partial charge in [-0.3, -0.25) is 24.5 Å². The lowest BCUT2D eigenvalue weighted by Gasteiger charge is -2.18. The van der Waals surface area contributed by atoms with E-state index in [0.29, 0.717) is 18.5 Å². The van der Waals surface area contributed by atoms with Gasteiger partial charge >= 0.3 is 5.97 Å². The molecular formula is C23H29N5O6. The molecule has 0 saturated carbocycles. The van der Waals surface area contributed by atoms with Crippen molar-refractivity contribution in [3.05, 3.63) is 63.8 Å². The largest absolute Gasteiger partial charge is 0.466 e. The van der Waals surface area contributed by atoms with Crippen molar-refractivity contribution >= 4 is 29.3 Å². The van der Waals surface area contributed by atoms with E-state index < -0.39 is 22.8 Å². The predicted octanol–water partition coefficient (Wildman–Crippen LogP) is 2.42. The van der Waals surface area contributed by atoms with Crippen molar-refractivity contribution in [1.82, 2.24) is 15.6 Å².